The number of benzene rings is 1. The highest BCUT2D eigenvalue weighted by atomic mass is 35.5. The van der Waals surface area contributed by atoms with Gasteiger partial charge in [-0.25, -0.2) is 0 Å². The highest BCUT2D eigenvalue weighted by Crippen LogP contribution is 2.26. The fraction of sp³-hybridized carbons (Fsp3) is 0.588. The van der Waals surface area contributed by atoms with Crippen LogP contribution in [0, 0.1) is 0 Å². The number of carbonyl (C=O) groups is 1. The van der Waals surface area contributed by atoms with E-state index in [2.05, 4.69) is 0 Å². The lowest BCUT2D eigenvalue weighted by atomic mass is 9.92. The number of amides is 1. The smallest absolute Gasteiger partial charge is 0.230 e. The van der Waals surface area contributed by atoms with Gasteiger partial charge in [0.25, 0.3) is 0 Å². The van der Waals surface area contributed by atoms with Gasteiger partial charge in [-0.1, -0.05) is 49.6 Å². The quantitative estimate of drug-likeness (QED) is 0.746. The molecule has 110 valence electrons. The van der Waals surface area contributed by atoms with Gasteiger partial charge in [0.15, 0.2) is 0 Å². The molecular formula is C17H24ClNO. The number of alkyl halides is 1. The third-order valence-electron chi connectivity index (χ3n) is 4.29. The van der Waals surface area contributed by atoms with E-state index in [0.717, 1.165) is 18.4 Å². The van der Waals surface area contributed by atoms with E-state index in [9.17, 15) is 4.79 Å². The highest BCUT2D eigenvalue weighted by Gasteiger charge is 2.28. The van der Waals surface area contributed by atoms with Crippen molar-refractivity contribution in [2.75, 3.05) is 12.4 Å². The molecule has 3 heteroatoms. The van der Waals surface area contributed by atoms with Gasteiger partial charge in [0, 0.05) is 18.5 Å². The molecule has 1 unspecified atom stereocenters. The van der Waals surface area contributed by atoms with Gasteiger partial charge in [-0.15, -0.1) is 11.6 Å². The molecule has 0 spiro atoms. The highest BCUT2D eigenvalue weighted by molar-refractivity contribution is 6.18. The Balaban J connectivity index is 2.09. The predicted molar refractivity (Wildman–Crippen MR) is 84.2 cm³/mol. The Bertz CT molecular complexity index is 414. The lowest BCUT2D eigenvalue weighted by Crippen LogP contribution is -2.44. The molecule has 2 rings (SSSR count). The van der Waals surface area contributed by atoms with Crippen LogP contribution in [0.4, 0.5) is 0 Å². The summed E-state index contributed by atoms with van der Waals surface area (Å²) in [7, 11) is 0. The van der Waals surface area contributed by atoms with E-state index in [-0.39, 0.29) is 11.8 Å². The van der Waals surface area contributed by atoms with Crippen LogP contribution in [0.3, 0.4) is 0 Å². The van der Waals surface area contributed by atoms with Crippen molar-refractivity contribution in [3.05, 3.63) is 35.9 Å². The summed E-state index contributed by atoms with van der Waals surface area (Å²) in [6.45, 7) is 2.67. The molecule has 1 fully saturated rings. The van der Waals surface area contributed by atoms with Crippen molar-refractivity contribution in [2.45, 2.75) is 51.0 Å². The molecule has 0 aliphatic heterocycles. The maximum atomic E-state index is 12.8. The van der Waals surface area contributed by atoms with Crippen LogP contribution in [0.5, 0.6) is 0 Å². The van der Waals surface area contributed by atoms with Crippen LogP contribution >= 0.6 is 11.6 Å². The van der Waals surface area contributed by atoms with E-state index in [4.69, 9.17) is 11.6 Å². The van der Waals surface area contributed by atoms with Crippen LogP contribution in [0.25, 0.3) is 0 Å². The third-order valence-corrected chi connectivity index (χ3v) is 4.46. The molecule has 20 heavy (non-hydrogen) atoms. The van der Waals surface area contributed by atoms with E-state index in [1.54, 1.807) is 0 Å². The summed E-state index contributed by atoms with van der Waals surface area (Å²) >= 11 is 5.92. The number of hydrogen-bond donors (Lipinski definition) is 0. The first kappa shape index (κ1) is 15.4. The topological polar surface area (TPSA) is 20.3 Å². The fourth-order valence-corrected chi connectivity index (χ4v) is 3.27. The van der Waals surface area contributed by atoms with Crippen molar-refractivity contribution in [1.82, 2.24) is 4.90 Å². The molecular weight excluding hydrogens is 270 g/mol. The normalized spacial score (nSPS) is 17.7. The Labute approximate surface area is 127 Å². The van der Waals surface area contributed by atoms with Gasteiger partial charge in [0.2, 0.25) is 5.91 Å². The number of halogens is 1. The molecule has 1 amide bonds. The van der Waals surface area contributed by atoms with Crippen molar-refractivity contribution in [1.29, 1.82) is 0 Å². The van der Waals surface area contributed by atoms with Crippen LogP contribution < -0.4 is 0 Å². The Hall–Kier alpha value is -1.02. The summed E-state index contributed by atoms with van der Waals surface area (Å²) < 4.78 is 0. The van der Waals surface area contributed by atoms with E-state index in [1.165, 1.54) is 19.3 Å². The van der Waals surface area contributed by atoms with Crippen molar-refractivity contribution in [3.8, 4) is 0 Å². The lowest BCUT2D eigenvalue weighted by molar-refractivity contribution is -0.135. The first-order valence-electron chi connectivity index (χ1n) is 7.65. The average molecular weight is 294 g/mol. The number of carbonyl (C=O) groups excluding carboxylic acids is 1. The third kappa shape index (κ3) is 3.76. The van der Waals surface area contributed by atoms with E-state index in [0.29, 0.717) is 18.5 Å². The fourth-order valence-electron chi connectivity index (χ4n) is 3.09. The largest absolute Gasteiger partial charge is 0.338 e. The maximum Gasteiger partial charge on any atom is 0.230 e. The minimum absolute atomic E-state index is 0.0821. The van der Waals surface area contributed by atoms with Gasteiger partial charge in [-0.3, -0.25) is 4.79 Å². The summed E-state index contributed by atoms with van der Waals surface area (Å²) in [5, 5.41) is 0. The monoisotopic (exact) mass is 293 g/mol. The van der Waals surface area contributed by atoms with Crippen LogP contribution in [0.2, 0.25) is 0 Å². The maximum absolute atomic E-state index is 12.8. The summed E-state index contributed by atoms with van der Waals surface area (Å²) in [4.78, 5) is 14.8. The molecule has 0 N–H and O–H groups in total. The Morgan fingerprint density at radius 1 is 1.25 bits per heavy atom. The van der Waals surface area contributed by atoms with Gasteiger partial charge < -0.3 is 4.90 Å². The van der Waals surface area contributed by atoms with E-state index >= 15 is 0 Å². The second-order valence-electron chi connectivity index (χ2n) is 5.64. The number of rotatable bonds is 5. The average Bonchev–Trinajstić information content (AvgIpc) is 2.53. The van der Waals surface area contributed by atoms with Gasteiger partial charge in [-0.05, 0) is 25.3 Å². The zero-order chi connectivity index (χ0) is 14.4. The van der Waals surface area contributed by atoms with Gasteiger partial charge in [-0.2, -0.15) is 0 Å². The summed E-state index contributed by atoms with van der Waals surface area (Å²) in [5.74, 6) is 0.661. The first-order chi connectivity index (χ1) is 9.74. The van der Waals surface area contributed by atoms with Crippen LogP contribution in [0.1, 0.15) is 50.5 Å². The van der Waals surface area contributed by atoms with Crippen LogP contribution in [-0.2, 0) is 4.79 Å². The van der Waals surface area contributed by atoms with Crippen molar-refractivity contribution in [2.24, 2.45) is 0 Å². The Kier molecular flexibility index (Phi) is 5.90. The van der Waals surface area contributed by atoms with Crippen molar-refractivity contribution >= 4 is 17.5 Å². The Morgan fingerprint density at radius 3 is 2.50 bits per heavy atom. The number of hydrogen-bond acceptors (Lipinski definition) is 1. The second kappa shape index (κ2) is 7.68. The van der Waals surface area contributed by atoms with Crippen LogP contribution in [-0.4, -0.2) is 29.3 Å². The molecule has 1 aliphatic carbocycles. The minimum atomic E-state index is -0.0821. The molecule has 0 aromatic heterocycles. The molecule has 1 aromatic carbocycles. The molecule has 1 aromatic rings. The molecule has 1 saturated carbocycles. The first-order valence-corrected chi connectivity index (χ1v) is 8.19. The van der Waals surface area contributed by atoms with Gasteiger partial charge in [0.05, 0.1) is 5.92 Å². The lowest BCUT2D eigenvalue weighted by Gasteiger charge is -2.35. The number of nitrogens with zero attached hydrogens (tertiary/aromatic N) is 1. The Morgan fingerprint density at radius 2 is 1.90 bits per heavy atom. The molecule has 2 nitrogen and oxygen atoms in total. The van der Waals surface area contributed by atoms with E-state index < -0.39 is 0 Å². The standard InChI is InChI=1S/C17H24ClNO/c1-14(15-8-4-2-5-9-15)17(20)19(13-12-18)16-10-6-3-7-11-16/h2,4-5,8-9,14,16H,3,6-7,10-13H2,1H3. The van der Waals surface area contributed by atoms with E-state index in [1.807, 2.05) is 42.2 Å². The van der Waals surface area contributed by atoms with Crippen molar-refractivity contribution < 1.29 is 4.79 Å². The van der Waals surface area contributed by atoms with Gasteiger partial charge >= 0.3 is 0 Å². The summed E-state index contributed by atoms with van der Waals surface area (Å²) in [6, 6.07) is 10.4. The second-order valence-corrected chi connectivity index (χ2v) is 6.02. The zero-order valence-corrected chi connectivity index (χ0v) is 13.0. The minimum Gasteiger partial charge on any atom is -0.338 e. The molecule has 0 radical (unpaired) electrons. The molecule has 1 atom stereocenters. The summed E-state index contributed by atoms with van der Waals surface area (Å²) in [6.07, 6.45) is 6.02. The molecule has 1 aliphatic rings. The van der Waals surface area contributed by atoms with Gasteiger partial charge in [0.1, 0.15) is 0 Å². The molecule has 0 saturated heterocycles. The SMILES string of the molecule is CC(C(=O)N(CCCl)C1CCCCC1)c1ccccc1. The van der Waals surface area contributed by atoms with Crippen molar-refractivity contribution in [3.63, 3.8) is 0 Å². The molecule has 0 heterocycles. The predicted octanol–water partition coefficient (Wildman–Crippen LogP) is 4.19. The van der Waals surface area contributed by atoms with Crippen LogP contribution in [0.15, 0.2) is 30.3 Å². The zero-order valence-electron chi connectivity index (χ0n) is 12.2. The summed E-state index contributed by atoms with van der Waals surface area (Å²) in [5.41, 5.74) is 1.09. The molecule has 0 bridgehead atoms.